The first kappa shape index (κ1) is 22.6. The van der Waals surface area contributed by atoms with E-state index in [0.717, 1.165) is 81.2 Å². The van der Waals surface area contributed by atoms with E-state index in [4.69, 9.17) is 14.2 Å². The molecule has 0 atom stereocenters. The van der Waals surface area contributed by atoms with E-state index in [-0.39, 0.29) is 11.7 Å². The van der Waals surface area contributed by atoms with Crippen LogP contribution in [0.15, 0.2) is 36.4 Å². The Labute approximate surface area is 211 Å². The molecule has 0 aliphatic carbocycles. The number of ketones is 1. The fourth-order valence-electron chi connectivity index (χ4n) is 5.34. The smallest absolute Gasteiger partial charge is 0.137 e. The van der Waals surface area contributed by atoms with Gasteiger partial charge in [-0.2, -0.15) is 0 Å². The van der Waals surface area contributed by atoms with Crippen LogP contribution in [0.25, 0.3) is 0 Å². The van der Waals surface area contributed by atoms with Crippen LogP contribution in [0, 0.1) is 0 Å². The summed E-state index contributed by atoms with van der Waals surface area (Å²) in [4.78, 5) is 17.7. The predicted molar refractivity (Wildman–Crippen MR) is 142 cm³/mol. The number of carbonyl (C=O) groups excluding carboxylic acids is 1. The van der Waals surface area contributed by atoms with Crippen LogP contribution in [0.4, 0.5) is 17.1 Å². The lowest BCUT2D eigenvalue weighted by Gasteiger charge is -2.40. The summed E-state index contributed by atoms with van der Waals surface area (Å²) in [6, 6.07) is 12.5. The average Bonchev–Trinajstić information content (AvgIpc) is 2.82. The third kappa shape index (κ3) is 3.45. The summed E-state index contributed by atoms with van der Waals surface area (Å²) < 4.78 is 19.6. The molecule has 3 aromatic carbocycles. The molecule has 0 bridgehead atoms. The van der Waals surface area contributed by atoms with Gasteiger partial charge in [0.2, 0.25) is 0 Å². The maximum Gasteiger partial charge on any atom is 0.137 e. The van der Waals surface area contributed by atoms with E-state index in [1.165, 1.54) is 0 Å². The number of carbonyl (C=O) groups is 1. The third-order valence-electron chi connectivity index (χ3n) is 7.29. The molecule has 0 spiro atoms. The van der Waals surface area contributed by atoms with Crippen LogP contribution in [0.1, 0.15) is 42.4 Å². The second-order valence-corrected chi connectivity index (χ2v) is 10.3. The lowest BCUT2D eigenvalue weighted by Crippen LogP contribution is -2.24. The van der Waals surface area contributed by atoms with Gasteiger partial charge in [-0.1, -0.05) is 0 Å². The summed E-state index contributed by atoms with van der Waals surface area (Å²) in [5.41, 5.74) is 6.17. The first-order chi connectivity index (χ1) is 17.2. The summed E-state index contributed by atoms with van der Waals surface area (Å²) in [5, 5.41) is 0. The molecule has 0 aromatic heterocycles. The van der Waals surface area contributed by atoms with Crippen LogP contribution in [0.3, 0.4) is 0 Å². The molecule has 0 amide bonds. The first-order valence-electron chi connectivity index (χ1n) is 12.3. The number of anilines is 3. The van der Waals surface area contributed by atoms with Crippen LogP contribution in [0.5, 0.6) is 34.5 Å². The topological polar surface area (TPSA) is 54.5 Å². The molecule has 0 fully saturated rings. The molecular formula is C29H31N3O4. The Hall–Kier alpha value is -3.87. The standard InChI is InChI=1S/C29H31N3O4/c1-16(33)8-7-9-32(6)19-14-24-28-25(15-19)36-23-13-18(31(4)5)11-21-27(23)29(28)26-20(34-21)10-17(30(2)3)12-22(26)35-24/h10-15,29H,7-9H2,1-6H3. The molecule has 7 heteroatoms. The maximum atomic E-state index is 11.4. The van der Waals surface area contributed by atoms with E-state index in [0.29, 0.717) is 6.42 Å². The zero-order valence-corrected chi connectivity index (χ0v) is 21.6. The van der Waals surface area contributed by atoms with Gasteiger partial charge in [-0.3, -0.25) is 0 Å². The zero-order chi connectivity index (χ0) is 25.3. The molecule has 0 unspecified atom stereocenters. The van der Waals surface area contributed by atoms with Gasteiger partial charge in [0.05, 0.1) is 22.6 Å². The van der Waals surface area contributed by atoms with Crippen molar-refractivity contribution in [1.29, 1.82) is 0 Å². The molecule has 3 aliphatic rings. The Morgan fingerprint density at radius 2 is 1.03 bits per heavy atom. The van der Waals surface area contributed by atoms with Crippen molar-refractivity contribution in [2.75, 3.05) is 56.5 Å². The Bertz CT molecular complexity index is 1320. The van der Waals surface area contributed by atoms with Crippen LogP contribution < -0.4 is 28.9 Å². The van der Waals surface area contributed by atoms with E-state index in [2.05, 4.69) is 51.1 Å². The second-order valence-electron chi connectivity index (χ2n) is 10.3. The van der Waals surface area contributed by atoms with Crippen LogP contribution in [0.2, 0.25) is 0 Å². The highest BCUT2D eigenvalue weighted by Gasteiger charge is 2.44. The van der Waals surface area contributed by atoms with Crippen LogP contribution in [-0.4, -0.2) is 47.6 Å². The van der Waals surface area contributed by atoms with Crippen molar-refractivity contribution in [1.82, 2.24) is 0 Å². The molecule has 3 aliphatic heterocycles. The van der Waals surface area contributed by atoms with Crippen molar-refractivity contribution in [2.45, 2.75) is 25.7 Å². The van der Waals surface area contributed by atoms with Crippen LogP contribution in [-0.2, 0) is 4.79 Å². The van der Waals surface area contributed by atoms with Crippen molar-refractivity contribution >= 4 is 22.8 Å². The summed E-state index contributed by atoms with van der Waals surface area (Å²) in [5.74, 6) is 5.05. The average molecular weight is 486 g/mol. The molecule has 3 heterocycles. The highest BCUT2D eigenvalue weighted by Crippen LogP contribution is 2.64. The number of nitrogens with zero attached hydrogens (tertiary/aromatic N) is 3. The largest absolute Gasteiger partial charge is 0.456 e. The van der Waals surface area contributed by atoms with E-state index in [1.54, 1.807) is 6.92 Å². The number of ether oxygens (including phenoxy) is 3. The fourth-order valence-corrected chi connectivity index (χ4v) is 5.34. The van der Waals surface area contributed by atoms with Gasteiger partial charge in [0.15, 0.2) is 0 Å². The molecule has 6 rings (SSSR count). The first-order valence-corrected chi connectivity index (χ1v) is 12.3. The summed E-state index contributed by atoms with van der Waals surface area (Å²) >= 11 is 0. The van der Waals surface area contributed by atoms with Crippen molar-refractivity contribution in [3.63, 3.8) is 0 Å². The van der Waals surface area contributed by atoms with E-state index >= 15 is 0 Å². The molecule has 0 radical (unpaired) electrons. The Morgan fingerprint density at radius 1 is 0.667 bits per heavy atom. The van der Waals surface area contributed by atoms with Gasteiger partial charge in [0.1, 0.15) is 40.3 Å². The molecule has 0 saturated carbocycles. The maximum absolute atomic E-state index is 11.4. The van der Waals surface area contributed by atoms with Gasteiger partial charge >= 0.3 is 0 Å². The van der Waals surface area contributed by atoms with Gasteiger partial charge in [0.25, 0.3) is 0 Å². The van der Waals surface area contributed by atoms with Crippen molar-refractivity contribution < 1.29 is 19.0 Å². The monoisotopic (exact) mass is 485 g/mol. The number of hydrogen-bond donors (Lipinski definition) is 0. The number of hydrogen-bond acceptors (Lipinski definition) is 7. The highest BCUT2D eigenvalue weighted by atomic mass is 16.5. The molecule has 36 heavy (non-hydrogen) atoms. The van der Waals surface area contributed by atoms with Crippen molar-refractivity contribution in [3.05, 3.63) is 53.1 Å². The van der Waals surface area contributed by atoms with Gasteiger partial charge < -0.3 is 33.7 Å². The summed E-state index contributed by atoms with van der Waals surface area (Å²) in [7, 11) is 10.1. The van der Waals surface area contributed by atoms with Crippen molar-refractivity contribution in [2.24, 2.45) is 0 Å². The third-order valence-corrected chi connectivity index (χ3v) is 7.29. The molecule has 186 valence electrons. The highest BCUT2D eigenvalue weighted by molar-refractivity contribution is 5.80. The van der Waals surface area contributed by atoms with Crippen molar-refractivity contribution in [3.8, 4) is 34.5 Å². The minimum Gasteiger partial charge on any atom is -0.456 e. The van der Waals surface area contributed by atoms with E-state index in [1.807, 2.05) is 35.2 Å². The van der Waals surface area contributed by atoms with Crippen LogP contribution >= 0.6 is 0 Å². The van der Waals surface area contributed by atoms with Gasteiger partial charge in [-0.25, -0.2) is 0 Å². The van der Waals surface area contributed by atoms with E-state index in [9.17, 15) is 4.79 Å². The Morgan fingerprint density at radius 3 is 1.36 bits per heavy atom. The molecular weight excluding hydrogens is 454 g/mol. The normalized spacial score (nSPS) is 13.7. The van der Waals surface area contributed by atoms with Gasteiger partial charge in [-0.15, -0.1) is 0 Å². The number of Topliss-reactive ketones (excluding diaryl/α,β-unsaturated/α-hetero) is 1. The minimum atomic E-state index is -0.0225. The molecule has 3 aromatic rings. The quantitative estimate of drug-likeness (QED) is 0.270. The van der Waals surface area contributed by atoms with E-state index < -0.39 is 0 Å². The van der Waals surface area contributed by atoms with Gasteiger partial charge in [-0.05, 0) is 13.3 Å². The lowest BCUT2D eigenvalue weighted by atomic mass is 9.77. The summed E-state index contributed by atoms with van der Waals surface area (Å²) in [6.45, 7) is 2.41. The Kier molecular flexibility index (Phi) is 5.07. The number of rotatable bonds is 7. The molecule has 0 N–H and O–H groups in total. The second kappa shape index (κ2) is 8.08. The lowest BCUT2D eigenvalue weighted by molar-refractivity contribution is -0.117. The minimum absolute atomic E-state index is 0.0225. The molecule has 7 nitrogen and oxygen atoms in total. The fraction of sp³-hybridized carbons (Fsp3) is 0.345. The number of benzene rings is 3. The molecule has 0 saturated heterocycles. The van der Waals surface area contributed by atoms with Gasteiger partial charge in [0, 0.05) is 102 Å². The predicted octanol–water partition coefficient (Wildman–Crippen LogP) is 6.12. The Balaban J connectivity index is 1.53. The SMILES string of the molecule is CC(=O)CCCN(C)c1cc2c3c(c1)Oc1cc(N(C)C)cc4c1C3c1c(cc(N(C)C)cc1O2)O4. The summed E-state index contributed by atoms with van der Waals surface area (Å²) in [6.07, 6.45) is 1.38. The zero-order valence-electron chi connectivity index (χ0n) is 21.6.